The highest BCUT2D eigenvalue weighted by atomic mass is 16.6. The lowest BCUT2D eigenvalue weighted by Gasteiger charge is -2.21. The van der Waals surface area contributed by atoms with Crippen molar-refractivity contribution in [2.75, 3.05) is 5.32 Å². The molecule has 0 radical (unpaired) electrons. The Morgan fingerprint density at radius 1 is 1.14 bits per heavy atom. The fraction of sp³-hybridized carbons (Fsp3) is 0.333. The van der Waals surface area contributed by atoms with Gasteiger partial charge < -0.3 is 15.2 Å². The van der Waals surface area contributed by atoms with E-state index in [2.05, 4.69) is 15.4 Å². The molecule has 2 aromatic heterocycles. The van der Waals surface area contributed by atoms with Gasteiger partial charge in [-0.25, -0.2) is 14.8 Å². The summed E-state index contributed by atoms with van der Waals surface area (Å²) in [5.41, 5.74) is 5.66. The normalized spacial score (nSPS) is 14.8. The number of nitrogens with zero attached hydrogens (tertiary/aromatic N) is 4. The van der Waals surface area contributed by atoms with Crippen molar-refractivity contribution in [2.24, 2.45) is 7.05 Å². The van der Waals surface area contributed by atoms with E-state index in [9.17, 15) is 9.90 Å². The lowest BCUT2D eigenvalue weighted by molar-refractivity contribution is 0.00954. The van der Waals surface area contributed by atoms with Crippen molar-refractivity contribution < 1.29 is 14.6 Å². The summed E-state index contributed by atoms with van der Waals surface area (Å²) in [6, 6.07) is 9.47. The summed E-state index contributed by atoms with van der Waals surface area (Å²) in [4.78, 5) is 21.4. The number of hydrogen-bond acceptors (Lipinski definition) is 7. The van der Waals surface area contributed by atoms with Gasteiger partial charge in [-0.2, -0.15) is 5.10 Å². The van der Waals surface area contributed by atoms with Gasteiger partial charge in [0.2, 0.25) is 5.95 Å². The number of rotatable bonds is 4. The average Bonchev–Trinajstić information content (AvgIpc) is 3.16. The van der Waals surface area contributed by atoms with Crippen molar-refractivity contribution in [3.63, 3.8) is 0 Å². The number of carbonyl (C=O) groups excluding carboxylic acids is 1. The quantitative estimate of drug-likeness (QED) is 0.403. The van der Waals surface area contributed by atoms with Gasteiger partial charge in [0.15, 0.2) is 0 Å². The second-order valence-electron chi connectivity index (χ2n) is 10.2. The van der Waals surface area contributed by atoms with E-state index in [1.807, 2.05) is 63.7 Å². The van der Waals surface area contributed by atoms with Gasteiger partial charge in [0.25, 0.3) is 0 Å². The number of nitrogens with one attached hydrogen (secondary N) is 1. The van der Waals surface area contributed by atoms with Crippen LogP contribution in [0, 0.1) is 13.8 Å². The Labute approximate surface area is 204 Å². The molecule has 2 N–H and O–H groups in total. The third-order valence-corrected chi connectivity index (χ3v) is 6.63. The summed E-state index contributed by atoms with van der Waals surface area (Å²) in [6.45, 7) is 11.3. The minimum absolute atomic E-state index is 0.316. The highest BCUT2D eigenvalue weighted by Gasteiger charge is 2.37. The fourth-order valence-corrected chi connectivity index (χ4v) is 4.78. The van der Waals surface area contributed by atoms with E-state index in [4.69, 9.17) is 9.72 Å². The summed E-state index contributed by atoms with van der Waals surface area (Å²) >= 11 is 0. The Kier molecular flexibility index (Phi) is 5.00. The number of anilines is 2. The minimum Gasteiger partial charge on any atom is -0.451 e. The zero-order valence-electron chi connectivity index (χ0n) is 21.0. The van der Waals surface area contributed by atoms with Crippen LogP contribution in [0.1, 0.15) is 60.6 Å². The first kappa shape index (κ1) is 23.0. The van der Waals surface area contributed by atoms with Gasteiger partial charge in [-0.1, -0.05) is 0 Å². The van der Waals surface area contributed by atoms with E-state index in [0.29, 0.717) is 22.6 Å². The molecule has 0 saturated heterocycles. The van der Waals surface area contributed by atoms with Crippen molar-refractivity contribution in [1.82, 2.24) is 19.7 Å². The fourth-order valence-electron chi connectivity index (χ4n) is 4.78. The van der Waals surface area contributed by atoms with Gasteiger partial charge in [0.05, 0.1) is 22.4 Å². The second kappa shape index (κ2) is 7.61. The van der Waals surface area contributed by atoms with Crippen LogP contribution < -0.4 is 5.32 Å². The lowest BCUT2D eigenvalue weighted by Crippen LogP contribution is -2.17. The molecule has 0 unspecified atom stereocenters. The van der Waals surface area contributed by atoms with Crippen LogP contribution in [0.2, 0.25) is 0 Å². The van der Waals surface area contributed by atoms with Crippen LogP contribution in [-0.2, 0) is 23.0 Å². The molecule has 3 heterocycles. The molecule has 180 valence electrons. The predicted octanol–water partition coefficient (Wildman–Crippen LogP) is 5.02. The van der Waals surface area contributed by atoms with Gasteiger partial charge in [0.1, 0.15) is 5.60 Å². The summed E-state index contributed by atoms with van der Waals surface area (Å²) in [5, 5.41) is 19.6. The van der Waals surface area contributed by atoms with Gasteiger partial charge in [-0.05, 0) is 77.4 Å². The number of fused-ring (bicyclic) bond motifs is 2. The van der Waals surface area contributed by atoms with Crippen LogP contribution in [0.15, 0.2) is 36.5 Å². The number of ether oxygens (including phenoxy) is 1. The van der Waals surface area contributed by atoms with E-state index in [-0.39, 0.29) is 5.97 Å². The minimum atomic E-state index is -1.13. The number of aryl methyl sites for hydroxylation is 2. The van der Waals surface area contributed by atoms with E-state index in [1.165, 1.54) is 0 Å². The first-order valence-corrected chi connectivity index (χ1v) is 11.5. The van der Waals surface area contributed by atoms with E-state index >= 15 is 0 Å². The molecule has 4 aromatic rings. The smallest absolute Gasteiger partial charge is 0.339 e. The molecule has 1 aliphatic rings. The zero-order valence-corrected chi connectivity index (χ0v) is 21.0. The highest BCUT2D eigenvalue weighted by molar-refractivity contribution is 5.95. The highest BCUT2D eigenvalue weighted by Crippen LogP contribution is 2.38. The Bertz CT molecular complexity index is 1510. The lowest BCUT2D eigenvalue weighted by atomic mass is 9.91. The van der Waals surface area contributed by atoms with Crippen LogP contribution >= 0.6 is 0 Å². The summed E-state index contributed by atoms with van der Waals surface area (Å²) in [6.07, 6.45) is 1.76. The van der Waals surface area contributed by atoms with Gasteiger partial charge in [0, 0.05) is 46.7 Å². The summed E-state index contributed by atoms with van der Waals surface area (Å²) < 4.78 is 7.33. The Hall–Kier alpha value is -3.78. The van der Waals surface area contributed by atoms with Gasteiger partial charge >= 0.3 is 5.97 Å². The summed E-state index contributed by atoms with van der Waals surface area (Å²) in [7, 11) is 1.92. The number of benzene rings is 2. The van der Waals surface area contributed by atoms with Crippen molar-refractivity contribution in [2.45, 2.75) is 52.7 Å². The van der Waals surface area contributed by atoms with Gasteiger partial charge in [-0.15, -0.1) is 0 Å². The van der Waals surface area contributed by atoms with Crippen molar-refractivity contribution in [1.29, 1.82) is 0 Å². The SMILES string of the molecule is Cc1nn(C)c(C)c1-c1cc(C(C)(C)O)c2nc(Nc3ccc4c(c3)C(C)(C)OC4=O)ncc2c1. The maximum absolute atomic E-state index is 12.1. The molecule has 8 nitrogen and oxygen atoms in total. The molecule has 5 rings (SSSR count). The molecule has 1 aliphatic heterocycles. The molecule has 0 fully saturated rings. The topological polar surface area (TPSA) is 102 Å². The summed E-state index contributed by atoms with van der Waals surface area (Å²) in [5.74, 6) is 0.0794. The van der Waals surface area contributed by atoms with E-state index < -0.39 is 11.2 Å². The number of esters is 1. The second-order valence-corrected chi connectivity index (χ2v) is 10.2. The molecule has 0 aliphatic carbocycles. The van der Waals surface area contributed by atoms with Crippen LogP contribution in [0.4, 0.5) is 11.6 Å². The average molecular weight is 472 g/mol. The molecule has 35 heavy (non-hydrogen) atoms. The molecule has 8 heteroatoms. The molecule has 0 spiro atoms. The molecule has 2 aromatic carbocycles. The van der Waals surface area contributed by atoms with Crippen LogP contribution in [0.5, 0.6) is 0 Å². The first-order chi connectivity index (χ1) is 16.3. The van der Waals surface area contributed by atoms with E-state index in [0.717, 1.165) is 39.2 Å². The molecule has 0 atom stereocenters. The Balaban J connectivity index is 1.60. The van der Waals surface area contributed by atoms with Crippen molar-refractivity contribution in [3.8, 4) is 11.1 Å². The molecule has 0 saturated carbocycles. The third kappa shape index (κ3) is 3.83. The van der Waals surface area contributed by atoms with Crippen LogP contribution in [0.25, 0.3) is 22.0 Å². The standard InChI is InChI=1S/C27H29N5O3/c1-14-22(15(2)32(7)31-14)16-10-17-13-28-25(30-23(17)21(11-16)26(3,4)34)29-18-8-9-19-20(12-18)27(5,6)35-24(19)33/h8-13,34H,1-7H3,(H,28,29,30). The number of cyclic esters (lactones) is 1. The Morgan fingerprint density at radius 3 is 2.54 bits per heavy atom. The molecule has 0 bridgehead atoms. The number of aliphatic hydroxyl groups is 1. The van der Waals surface area contributed by atoms with Crippen molar-refractivity contribution >= 4 is 28.5 Å². The maximum atomic E-state index is 12.1. The first-order valence-electron chi connectivity index (χ1n) is 11.5. The number of carbonyl (C=O) groups is 1. The molecular weight excluding hydrogens is 442 g/mol. The van der Waals surface area contributed by atoms with Crippen molar-refractivity contribution in [3.05, 3.63) is 64.6 Å². The number of hydrogen-bond donors (Lipinski definition) is 2. The van der Waals surface area contributed by atoms with Gasteiger partial charge in [-0.3, -0.25) is 4.68 Å². The van der Waals surface area contributed by atoms with E-state index in [1.54, 1.807) is 26.1 Å². The van der Waals surface area contributed by atoms with Crippen LogP contribution in [0.3, 0.4) is 0 Å². The van der Waals surface area contributed by atoms with Crippen LogP contribution in [-0.4, -0.2) is 30.8 Å². The predicted molar refractivity (Wildman–Crippen MR) is 135 cm³/mol. The zero-order chi connectivity index (χ0) is 25.3. The monoisotopic (exact) mass is 471 g/mol. The maximum Gasteiger partial charge on any atom is 0.339 e. The number of aromatic nitrogens is 4. The molecular formula is C27H29N5O3. The molecule has 0 amide bonds. The third-order valence-electron chi connectivity index (χ3n) is 6.63. The Morgan fingerprint density at radius 2 is 1.89 bits per heavy atom. The largest absolute Gasteiger partial charge is 0.451 e.